The van der Waals surface area contributed by atoms with Gasteiger partial charge in [-0.15, -0.1) is 0 Å². The molecule has 0 aliphatic heterocycles. The van der Waals surface area contributed by atoms with Gasteiger partial charge < -0.3 is 0 Å². The van der Waals surface area contributed by atoms with Crippen LogP contribution in [0.4, 0.5) is 70.2 Å². The normalized spacial score (nSPS) is 16.9. The summed E-state index contributed by atoms with van der Waals surface area (Å²) >= 11 is 16.8. The molecule has 4 nitrogen and oxygen atoms in total. The molecule has 0 fully saturated rings. The van der Waals surface area contributed by atoms with Gasteiger partial charge in [-0.05, 0) is 0 Å². The Morgan fingerprint density at radius 1 is 0.500 bits per heavy atom. The third kappa shape index (κ3) is 5.84. The fourth-order valence-electron chi connectivity index (χ4n) is 1.51. The summed E-state index contributed by atoms with van der Waals surface area (Å²) < 4.78 is 198. The zero-order valence-electron chi connectivity index (χ0n) is 15.3. The van der Waals surface area contributed by atoms with E-state index in [-0.39, 0.29) is 0 Å². The van der Waals surface area contributed by atoms with Gasteiger partial charge in [-0.2, -0.15) is 61.5 Å². The predicted octanol–water partition coefficient (Wildman–Crippen LogP) is 6.68. The van der Waals surface area contributed by atoms with Crippen molar-refractivity contribution in [3.05, 3.63) is 0 Å². The number of halogens is 20. The Hall–Kier alpha value is -1.02. The molecule has 0 aliphatic rings. The van der Waals surface area contributed by atoms with Crippen molar-refractivity contribution in [2.45, 2.75) is 57.1 Å². The van der Waals surface area contributed by atoms with Gasteiger partial charge in [-0.1, -0.05) is 46.4 Å². The van der Waals surface area contributed by atoms with Crippen molar-refractivity contribution < 1.29 is 89.6 Å². The van der Waals surface area contributed by atoms with E-state index in [0.29, 0.717) is 0 Å². The lowest BCUT2D eigenvalue weighted by Gasteiger charge is -2.34. The minimum atomic E-state index is -6.96. The summed E-state index contributed by atoms with van der Waals surface area (Å²) in [6.45, 7) is 0. The summed E-state index contributed by atoms with van der Waals surface area (Å²) in [4.78, 5) is 26.6. The van der Waals surface area contributed by atoms with E-state index in [0.717, 1.165) is 0 Å². The molecule has 0 aliphatic carbocycles. The zero-order chi connectivity index (χ0) is 29.7. The summed E-state index contributed by atoms with van der Waals surface area (Å²) in [6, 6.07) is 0. The maximum atomic E-state index is 13.5. The van der Waals surface area contributed by atoms with Crippen LogP contribution < -0.4 is 0 Å². The van der Waals surface area contributed by atoms with Gasteiger partial charge in [0.05, 0.1) is 0 Å². The Labute approximate surface area is 205 Å². The molecule has 0 aromatic carbocycles. The second-order valence-electron chi connectivity index (χ2n) is 6.10. The van der Waals surface area contributed by atoms with E-state index in [9.17, 15) is 79.8 Å². The SMILES string of the molecule is O=C(OOC(=O)C(F)(F)C(F)(F)C(F)C(Cl)(Cl)C(F)(F)F)C(F)(F)C(F)(F)C(F)C(Cl)(Cl)C(F)(F)F. The predicted molar refractivity (Wildman–Crippen MR) is 82.7 cm³/mol. The van der Waals surface area contributed by atoms with Gasteiger partial charge in [0.2, 0.25) is 21.0 Å². The summed E-state index contributed by atoms with van der Waals surface area (Å²) in [5.41, 5.74) is 0. The van der Waals surface area contributed by atoms with Crippen molar-refractivity contribution in [2.24, 2.45) is 0 Å². The first-order valence-corrected chi connectivity index (χ1v) is 8.99. The van der Waals surface area contributed by atoms with Crippen LogP contribution in [0.15, 0.2) is 0 Å². The Morgan fingerprint density at radius 2 is 0.694 bits per heavy atom. The highest BCUT2D eigenvalue weighted by Gasteiger charge is 2.78. The average Bonchev–Trinajstić information content (AvgIpc) is 2.67. The van der Waals surface area contributed by atoms with Crippen LogP contribution in [0.3, 0.4) is 0 Å². The summed E-state index contributed by atoms with van der Waals surface area (Å²) in [7, 11) is 0. The number of rotatable bonds is 8. The number of hydrogen-bond donors (Lipinski definition) is 0. The first-order valence-electron chi connectivity index (χ1n) is 7.48. The molecule has 36 heavy (non-hydrogen) atoms. The highest BCUT2D eigenvalue weighted by atomic mass is 35.5. The molecule has 0 spiro atoms. The molecule has 0 saturated carbocycles. The lowest BCUT2D eigenvalue weighted by molar-refractivity contribution is -0.323. The Kier molecular flexibility index (Phi) is 9.66. The first-order chi connectivity index (χ1) is 15.4. The van der Waals surface area contributed by atoms with Crippen molar-refractivity contribution in [2.75, 3.05) is 0 Å². The van der Waals surface area contributed by atoms with Gasteiger partial charge in [0, 0.05) is 0 Å². The quantitative estimate of drug-likeness (QED) is 0.127. The smallest absolute Gasteiger partial charge is 0.240 e. The molecule has 2 unspecified atom stereocenters. The molecular weight excluding hydrogens is 654 g/mol. The minimum absolute atomic E-state index is 2.34. The molecule has 0 rings (SSSR count). The van der Waals surface area contributed by atoms with Crippen LogP contribution in [0, 0.1) is 0 Å². The molecule has 2 atom stereocenters. The van der Waals surface area contributed by atoms with Crippen molar-refractivity contribution >= 4 is 58.3 Å². The largest absolute Gasteiger partial charge is 0.431 e. The Bertz CT molecular complexity index is 772. The van der Waals surface area contributed by atoms with E-state index >= 15 is 0 Å². The number of carbonyl (C=O) groups is 2. The van der Waals surface area contributed by atoms with Gasteiger partial charge in [-0.3, -0.25) is 0 Å². The molecule has 24 heteroatoms. The molecular formula is C12H2Cl4F16O4. The minimum Gasteiger partial charge on any atom is -0.240 e. The average molecular weight is 656 g/mol. The van der Waals surface area contributed by atoms with Crippen molar-refractivity contribution in [1.82, 2.24) is 0 Å². The van der Waals surface area contributed by atoms with Gasteiger partial charge in [0.25, 0.3) is 0 Å². The molecule has 0 bridgehead atoms. The van der Waals surface area contributed by atoms with Crippen LogP contribution in [0.1, 0.15) is 0 Å². The lowest BCUT2D eigenvalue weighted by atomic mass is 10.0. The van der Waals surface area contributed by atoms with Crippen LogP contribution in [0.2, 0.25) is 0 Å². The lowest BCUT2D eigenvalue weighted by Crippen LogP contribution is -2.62. The topological polar surface area (TPSA) is 52.6 Å². The van der Waals surface area contributed by atoms with E-state index in [1.807, 2.05) is 0 Å². The fourth-order valence-corrected chi connectivity index (χ4v) is 2.06. The third-order valence-corrected chi connectivity index (χ3v) is 5.20. The highest BCUT2D eigenvalue weighted by molar-refractivity contribution is 6.50. The van der Waals surface area contributed by atoms with Crippen molar-refractivity contribution in [3.8, 4) is 0 Å². The number of alkyl halides is 20. The van der Waals surface area contributed by atoms with E-state index in [1.54, 1.807) is 0 Å². The maximum absolute atomic E-state index is 13.5. The molecule has 0 aromatic rings. The standard InChI is InChI=1S/C12H2Cl4F16O4/c13-5(14,11(27,28)29)1(17)7(19,20)9(23,24)3(33)35-36-4(34)10(25,26)8(21,22)2(18)6(15,16)12(30,31)32/h1-2H. The number of carbonyl (C=O) groups excluding carboxylic acids is 2. The summed E-state index contributed by atoms with van der Waals surface area (Å²) in [5.74, 6) is -36.3. The van der Waals surface area contributed by atoms with Crippen LogP contribution in [-0.2, 0) is 19.4 Å². The van der Waals surface area contributed by atoms with Crippen molar-refractivity contribution in [3.63, 3.8) is 0 Å². The zero-order valence-corrected chi connectivity index (χ0v) is 18.4. The van der Waals surface area contributed by atoms with Crippen LogP contribution >= 0.6 is 46.4 Å². The molecule has 0 saturated heterocycles. The Morgan fingerprint density at radius 3 is 0.861 bits per heavy atom. The molecule has 0 radical (unpaired) electrons. The highest BCUT2D eigenvalue weighted by Crippen LogP contribution is 2.54. The van der Waals surface area contributed by atoms with E-state index in [1.165, 1.54) is 0 Å². The van der Waals surface area contributed by atoms with Crippen LogP contribution in [0.5, 0.6) is 0 Å². The molecule has 0 amide bonds. The number of hydrogen-bond acceptors (Lipinski definition) is 4. The van der Waals surface area contributed by atoms with E-state index in [2.05, 4.69) is 56.2 Å². The van der Waals surface area contributed by atoms with Crippen molar-refractivity contribution in [1.29, 1.82) is 0 Å². The fraction of sp³-hybridized carbons (Fsp3) is 0.833. The van der Waals surface area contributed by atoms with Crippen LogP contribution in [-0.4, -0.2) is 69.0 Å². The molecule has 0 heterocycles. The second kappa shape index (κ2) is 9.94. The van der Waals surface area contributed by atoms with Crippen LogP contribution in [0.25, 0.3) is 0 Å². The van der Waals surface area contributed by atoms with E-state index < -0.39 is 69.0 Å². The Balaban J connectivity index is 5.87. The molecule has 214 valence electrons. The van der Waals surface area contributed by atoms with Gasteiger partial charge in [0.15, 0.2) is 0 Å². The van der Waals surface area contributed by atoms with Gasteiger partial charge in [-0.25, -0.2) is 28.1 Å². The summed E-state index contributed by atoms with van der Waals surface area (Å²) in [5, 5.41) is 0. The van der Waals surface area contributed by atoms with Gasteiger partial charge >= 0.3 is 48.0 Å². The summed E-state index contributed by atoms with van der Waals surface area (Å²) in [6.07, 6.45) is -23.8. The molecule has 0 N–H and O–H groups in total. The first kappa shape index (κ1) is 35.0. The third-order valence-electron chi connectivity index (χ3n) is 3.57. The second-order valence-corrected chi connectivity index (χ2v) is 8.87. The molecule has 0 aromatic heterocycles. The van der Waals surface area contributed by atoms with Gasteiger partial charge in [0.1, 0.15) is 0 Å². The monoisotopic (exact) mass is 654 g/mol. The van der Waals surface area contributed by atoms with E-state index in [4.69, 9.17) is 0 Å². The maximum Gasteiger partial charge on any atom is 0.431 e.